The van der Waals surface area contributed by atoms with Crippen molar-refractivity contribution in [2.75, 3.05) is 26.3 Å². The second kappa shape index (κ2) is 8.60. The number of hydrogen-bond acceptors (Lipinski definition) is 8. The second-order valence-electron chi connectivity index (χ2n) is 6.55. The standard InChI is InChI=1S/C18H21N3O7S/c1-2-27-18(24)19-15(22)11-28-17(23)12-6-5-9-21(10-12)16-13-7-3-4-8-14(13)29(25,26)20-16/h3-4,7-8,12H,2,5-6,9-11H2,1H3,(H,19,22,24). The molecule has 0 bridgehead atoms. The van der Waals surface area contributed by atoms with Crippen molar-refractivity contribution < 1.29 is 32.3 Å². The zero-order valence-electron chi connectivity index (χ0n) is 15.8. The number of carbonyl (C=O) groups is 3. The number of benzene rings is 1. The van der Waals surface area contributed by atoms with Gasteiger partial charge in [0.25, 0.3) is 15.9 Å². The Balaban J connectivity index is 1.61. The number of rotatable bonds is 4. The zero-order valence-corrected chi connectivity index (χ0v) is 16.6. The molecule has 1 fully saturated rings. The molecule has 29 heavy (non-hydrogen) atoms. The fourth-order valence-corrected chi connectivity index (χ4v) is 4.48. The normalized spacial score (nSPS) is 19.7. The van der Waals surface area contributed by atoms with E-state index in [2.05, 4.69) is 9.13 Å². The molecule has 2 amide bonds. The highest BCUT2D eigenvalue weighted by molar-refractivity contribution is 7.90. The van der Waals surface area contributed by atoms with Crippen molar-refractivity contribution in [3.8, 4) is 0 Å². The van der Waals surface area contributed by atoms with Crippen molar-refractivity contribution in [2.45, 2.75) is 24.7 Å². The molecule has 0 radical (unpaired) electrons. The maximum Gasteiger partial charge on any atom is 0.413 e. The van der Waals surface area contributed by atoms with Crippen LogP contribution in [0.3, 0.4) is 0 Å². The average Bonchev–Trinajstić information content (AvgIpc) is 2.98. The van der Waals surface area contributed by atoms with Crippen LogP contribution in [-0.2, 0) is 29.1 Å². The number of amides is 2. The quantitative estimate of drug-likeness (QED) is 0.699. The summed E-state index contributed by atoms with van der Waals surface area (Å²) in [5.41, 5.74) is 0.510. The summed E-state index contributed by atoms with van der Waals surface area (Å²) in [6.07, 6.45) is 0.267. The number of ether oxygens (including phenoxy) is 2. The van der Waals surface area contributed by atoms with Crippen LogP contribution in [0.25, 0.3) is 0 Å². The first-order valence-electron chi connectivity index (χ1n) is 9.14. The van der Waals surface area contributed by atoms with Gasteiger partial charge in [0, 0.05) is 18.7 Å². The number of piperidine rings is 1. The van der Waals surface area contributed by atoms with E-state index in [1.54, 1.807) is 30.0 Å². The van der Waals surface area contributed by atoms with Crippen molar-refractivity contribution in [2.24, 2.45) is 10.3 Å². The third kappa shape index (κ3) is 4.73. The van der Waals surface area contributed by atoms with E-state index >= 15 is 0 Å². The molecule has 1 N–H and O–H groups in total. The Morgan fingerprint density at radius 2 is 2.00 bits per heavy atom. The van der Waals surface area contributed by atoms with Gasteiger partial charge in [0.1, 0.15) is 4.90 Å². The van der Waals surface area contributed by atoms with Crippen LogP contribution in [-0.4, -0.2) is 63.4 Å². The van der Waals surface area contributed by atoms with E-state index in [1.165, 1.54) is 6.07 Å². The largest absolute Gasteiger partial charge is 0.455 e. The molecule has 3 rings (SSSR count). The molecule has 0 saturated carbocycles. The van der Waals surface area contributed by atoms with Crippen LogP contribution in [0.1, 0.15) is 25.3 Å². The van der Waals surface area contributed by atoms with Gasteiger partial charge in [-0.05, 0) is 31.9 Å². The number of sulfonamides is 1. The van der Waals surface area contributed by atoms with Crippen LogP contribution < -0.4 is 5.32 Å². The van der Waals surface area contributed by atoms with Crippen molar-refractivity contribution >= 4 is 33.8 Å². The Hall–Kier alpha value is -2.95. The molecule has 10 nitrogen and oxygen atoms in total. The number of alkyl carbamates (subject to hydrolysis) is 1. The van der Waals surface area contributed by atoms with E-state index in [-0.39, 0.29) is 18.0 Å². The molecule has 156 valence electrons. The molecule has 1 unspecified atom stereocenters. The van der Waals surface area contributed by atoms with Gasteiger partial charge in [-0.25, -0.2) is 4.79 Å². The molecule has 11 heteroatoms. The fourth-order valence-electron chi connectivity index (χ4n) is 3.25. The van der Waals surface area contributed by atoms with Gasteiger partial charge in [0.05, 0.1) is 12.5 Å². The molecular formula is C18H21N3O7S. The SMILES string of the molecule is CCOC(=O)NC(=O)COC(=O)C1CCCN(C2=NS(=O)(=O)c3ccccc32)C1. The Labute approximate surface area is 167 Å². The number of nitrogens with zero attached hydrogens (tertiary/aromatic N) is 2. The Morgan fingerprint density at radius 1 is 1.24 bits per heavy atom. The maximum atomic E-state index is 12.3. The lowest BCUT2D eigenvalue weighted by Gasteiger charge is -2.32. The molecule has 0 spiro atoms. The predicted octanol–water partition coefficient (Wildman–Crippen LogP) is 0.663. The molecule has 0 aliphatic carbocycles. The summed E-state index contributed by atoms with van der Waals surface area (Å²) in [6.45, 7) is 1.87. The van der Waals surface area contributed by atoms with Crippen molar-refractivity contribution in [3.05, 3.63) is 29.8 Å². The topological polar surface area (TPSA) is 131 Å². The third-order valence-electron chi connectivity index (χ3n) is 4.53. The van der Waals surface area contributed by atoms with E-state index in [0.717, 1.165) is 0 Å². The molecule has 1 atom stereocenters. The highest BCUT2D eigenvalue weighted by atomic mass is 32.2. The molecule has 2 heterocycles. The smallest absolute Gasteiger partial charge is 0.413 e. The maximum absolute atomic E-state index is 12.3. The summed E-state index contributed by atoms with van der Waals surface area (Å²) in [6, 6.07) is 6.54. The first-order chi connectivity index (χ1) is 13.8. The van der Waals surface area contributed by atoms with E-state index in [0.29, 0.717) is 30.8 Å². The minimum absolute atomic E-state index is 0.111. The van der Waals surface area contributed by atoms with E-state index in [1.807, 2.05) is 5.32 Å². The van der Waals surface area contributed by atoms with E-state index in [4.69, 9.17) is 4.74 Å². The summed E-state index contributed by atoms with van der Waals surface area (Å²) in [5.74, 6) is -1.61. The summed E-state index contributed by atoms with van der Waals surface area (Å²) in [5, 5.41) is 1.94. The molecular weight excluding hydrogens is 402 g/mol. The number of carbonyl (C=O) groups excluding carboxylic acids is 3. The first kappa shape index (κ1) is 20.8. The highest BCUT2D eigenvalue weighted by Crippen LogP contribution is 2.29. The van der Waals surface area contributed by atoms with Crippen LogP contribution >= 0.6 is 0 Å². The number of hydrogen-bond donors (Lipinski definition) is 1. The summed E-state index contributed by atoms with van der Waals surface area (Å²) < 4.78 is 37.9. The van der Waals surface area contributed by atoms with Gasteiger partial charge in [-0.3, -0.25) is 14.9 Å². The Bertz CT molecular complexity index is 958. The second-order valence-corrected chi connectivity index (χ2v) is 8.12. The molecule has 0 aromatic heterocycles. The predicted molar refractivity (Wildman–Crippen MR) is 101 cm³/mol. The lowest BCUT2D eigenvalue weighted by molar-refractivity contribution is -0.153. The zero-order chi connectivity index (χ0) is 21.0. The van der Waals surface area contributed by atoms with Gasteiger partial charge < -0.3 is 14.4 Å². The lowest BCUT2D eigenvalue weighted by atomic mass is 9.97. The number of imide groups is 1. The van der Waals surface area contributed by atoms with Gasteiger partial charge in [0.2, 0.25) is 0 Å². The van der Waals surface area contributed by atoms with Gasteiger partial charge in [-0.15, -0.1) is 4.40 Å². The van der Waals surface area contributed by atoms with Gasteiger partial charge in [0.15, 0.2) is 12.4 Å². The summed E-state index contributed by atoms with van der Waals surface area (Å²) >= 11 is 0. The van der Waals surface area contributed by atoms with Crippen LogP contribution in [0, 0.1) is 5.92 Å². The van der Waals surface area contributed by atoms with Crippen LogP contribution in [0.15, 0.2) is 33.6 Å². The summed E-state index contributed by atoms with van der Waals surface area (Å²) in [4.78, 5) is 37.0. The number of esters is 1. The Morgan fingerprint density at radius 3 is 2.76 bits per heavy atom. The third-order valence-corrected chi connectivity index (χ3v) is 5.85. The van der Waals surface area contributed by atoms with Crippen molar-refractivity contribution in [1.82, 2.24) is 10.2 Å². The molecule has 2 aliphatic rings. The minimum atomic E-state index is -3.75. The highest BCUT2D eigenvalue weighted by Gasteiger charge is 2.35. The number of fused-ring (bicyclic) bond motifs is 1. The van der Waals surface area contributed by atoms with E-state index < -0.39 is 40.5 Å². The van der Waals surface area contributed by atoms with Crippen LogP contribution in [0.5, 0.6) is 0 Å². The lowest BCUT2D eigenvalue weighted by Crippen LogP contribution is -2.43. The number of likely N-dealkylation sites (tertiary alicyclic amines) is 1. The average molecular weight is 423 g/mol. The van der Waals surface area contributed by atoms with E-state index in [9.17, 15) is 22.8 Å². The number of amidine groups is 1. The Kier molecular flexibility index (Phi) is 6.16. The molecule has 1 aromatic carbocycles. The number of nitrogens with one attached hydrogen (secondary N) is 1. The van der Waals surface area contributed by atoms with Crippen LogP contribution in [0.4, 0.5) is 4.79 Å². The molecule has 1 saturated heterocycles. The van der Waals surface area contributed by atoms with Crippen LogP contribution in [0.2, 0.25) is 0 Å². The van der Waals surface area contributed by atoms with Crippen molar-refractivity contribution in [1.29, 1.82) is 0 Å². The van der Waals surface area contributed by atoms with Gasteiger partial charge in [-0.2, -0.15) is 8.42 Å². The van der Waals surface area contributed by atoms with Gasteiger partial charge >= 0.3 is 12.1 Å². The fraction of sp³-hybridized carbons (Fsp3) is 0.444. The first-order valence-corrected chi connectivity index (χ1v) is 10.6. The summed E-state index contributed by atoms with van der Waals surface area (Å²) in [7, 11) is -3.75. The van der Waals surface area contributed by atoms with Crippen molar-refractivity contribution in [3.63, 3.8) is 0 Å². The molecule has 1 aromatic rings. The monoisotopic (exact) mass is 423 g/mol. The molecule has 2 aliphatic heterocycles. The minimum Gasteiger partial charge on any atom is -0.455 e. The van der Waals surface area contributed by atoms with Gasteiger partial charge in [-0.1, -0.05) is 12.1 Å².